The third-order valence-electron chi connectivity index (χ3n) is 3.28. The summed E-state index contributed by atoms with van der Waals surface area (Å²) >= 11 is 1.35. The molecular formula is C14H16N4O2S. The number of morpholine rings is 1. The second kappa shape index (κ2) is 5.87. The fourth-order valence-corrected chi connectivity index (χ4v) is 3.23. The van der Waals surface area contributed by atoms with Crippen LogP contribution in [0.3, 0.4) is 0 Å². The monoisotopic (exact) mass is 304 g/mol. The van der Waals surface area contributed by atoms with Crippen molar-refractivity contribution in [2.24, 2.45) is 0 Å². The first-order chi connectivity index (χ1) is 10.1. The van der Waals surface area contributed by atoms with Gasteiger partial charge in [-0.1, -0.05) is 0 Å². The van der Waals surface area contributed by atoms with E-state index in [2.05, 4.69) is 15.0 Å². The SMILES string of the molecule is Cc1nc(-c2ncccn2)sc1C(=O)N1CCO[C@H](C)C1. The maximum atomic E-state index is 12.6. The molecule has 1 amide bonds. The quantitative estimate of drug-likeness (QED) is 0.846. The molecule has 1 aliphatic rings. The van der Waals surface area contributed by atoms with Crippen molar-refractivity contribution in [2.75, 3.05) is 19.7 Å². The summed E-state index contributed by atoms with van der Waals surface area (Å²) < 4.78 is 5.47. The Morgan fingerprint density at radius 1 is 1.43 bits per heavy atom. The van der Waals surface area contributed by atoms with Gasteiger partial charge in [-0.2, -0.15) is 0 Å². The van der Waals surface area contributed by atoms with Gasteiger partial charge in [0.15, 0.2) is 10.8 Å². The summed E-state index contributed by atoms with van der Waals surface area (Å²) in [6.45, 7) is 5.65. The maximum absolute atomic E-state index is 12.6. The van der Waals surface area contributed by atoms with Gasteiger partial charge in [-0.3, -0.25) is 4.79 Å². The van der Waals surface area contributed by atoms with E-state index in [1.165, 1.54) is 11.3 Å². The van der Waals surface area contributed by atoms with Gasteiger partial charge in [0, 0.05) is 25.5 Å². The Kier molecular flexibility index (Phi) is 3.94. The van der Waals surface area contributed by atoms with Crippen LogP contribution in [-0.2, 0) is 4.74 Å². The van der Waals surface area contributed by atoms with Crippen molar-refractivity contribution in [3.8, 4) is 10.8 Å². The first-order valence-electron chi connectivity index (χ1n) is 6.81. The van der Waals surface area contributed by atoms with Gasteiger partial charge in [-0.05, 0) is 19.9 Å². The highest BCUT2D eigenvalue weighted by Gasteiger charge is 2.26. The minimum absolute atomic E-state index is 0.0160. The van der Waals surface area contributed by atoms with Gasteiger partial charge >= 0.3 is 0 Å². The number of hydrogen-bond donors (Lipinski definition) is 0. The Morgan fingerprint density at radius 2 is 2.19 bits per heavy atom. The highest BCUT2D eigenvalue weighted by Crippen LogP contribution is 2.26. The standard InChI is InChI=1S/C14H16N4O2S/c1-9-8-18(6-7-20-9)14(19)11-10(2)17-13(21-11)12-15-4-3-5-16-12/h3-5,9H,6-8H2,1-2H3/t9-/m1/s1. The highest BCUT2D eigenvalue weighted by atomic mass is 32.1. The summed E-state index contributed by atoms with van der Waals surface area (Å²) in [7, 11) is 0. The van der Waals surface area contributed by atoms with Crippen LogP contribution < -0.4 is 0 Å². The van der Waals surface area contributed by atoms with Crippen LogP contribution in [0, 0.1) is 6.92 Å². The van der Waals surface area contributed by atoms with Gasteiger partial charge in [-0.25, -0.2) is 15.0 Å². The Hall–Kier alpha value is -1.86. The molecule has 0 unspecified atom stereocenters. The molecule has 0 saturated carbocycles. The second-order valence-corrected chi connectivity index (χ2v) is 5.94. The molecule has 3 heterocycles. The van der Waals surface area contributed by atoms with Gasteiger partial charge in [0.05, 0.1) is 18.4 Å². The molecule has 1 fully saturated rings. The molecule has 0 aromatic carbocycles. The zero-order valence-electron chi connectivity index (χ0n) is 11.9. The molecule has 21 heavy (non-hydrogen) atoms. The normalized spacial score (nSPS) is 18.8. The zero-order chi connectivity index (χ0) is 14.8. The summed E-state index contributed by atoms with van der Waals surface area (Å²) in [5.41, 5.74) is 0.728. The van der Waals surface area contributed by atoms with Gasteiger partial charge < -0.3 is 9.64 Å². The minimum Gasteiger partial charge on any atom is -0.375 e. The van der Waals surface area contributed by atoms with Gasteiger partial charge in [0.1, 0.15) is 4.88 Å². The number of aromatic nitrogens is 3. The molecule has 7 heteroatoms. The second-order valence-electron chi connectivity index (χ2n) is 4.94. The van der Waals surface area contributed by atoms with E-state index in [1.54, 1.807) is 18.5 Å². The van der Waals surface area contributed by atoms with Crippen molar-refractivity contribution in [3.05, 3.63) is 29.0 Å². The van der Waals surface area contributed by atoms with Crippen LogP contribution in [0.2, 0.25) is 0 Å². The Bertz CT molecular complexity index is 644. The lowest BCUT2D eigenvalue weighted by Crippen LogP contribution is -2.44. The van der Waals surface area contributed by atoms with E-state index in [1.807, 2.05) is 18.7 Å². The van der Waals surface area contributed by atoms with Crippen LogP contribution in [-0.4, -0.2) is 51.6 Å². The molecule has 0 radical (unpaired) electrons. The number of carbonyl (C=O) groups is 1. The Labute approximate surface area is 126 Å². The summed E-state index contributed by atoms with van der Waals surface area (Å²) in [6, 6.07) is 1.76. The van der Waals surface area contributed by atoms with E-state index in [0.717, 1.165) is 5.69 Å². The van der Waals surface area contributed by atoms with Crippen molar-refractivity contribution in [1.82, 2.24) is 19.9 Å². The molecule has 1 saturated heterocycles. The number of hydrogen-bond acceptors (Lipinski definition) is 6. The summed E-state index contributed by atoms with van der Waals surface area (Å²) in [5, 5.41) is 0.678. The molecule has 110 valence electrons. The van der Waals surface area contributed by atoms with E-state index in [-0.39, 0.29) is 12.0 Å². The lowest BCUT2D eigenvalue weighted by atomic mass is 10.2. The fraction of sp³-hybridized carbons (Fsp3) is 0.429. The van der Waals surface area contributed by atoms with E-state index < -0.39 is 0 Å². The number of thiazole rings is 1. The van der Waals surface area contributed by atoms with Crippen LogP contribution in [0.25, 0.3) is 10.8 Å². The number of carbonyl (C=O) groups excluding carboxylic acids is 1. The lowest BCUT2D eigenvalue weighted by Gasteiger charge is -2.30. The molecule has 2 aromatic heterocycles. The topological polar surface area (TPSA) is 68.2 Å². The average molecular weight is 304 g/mol. The molecule has 1 aliphatic heterocycles. The molecule has 2 aromatic rings. The molecule has 6 nitrogen and oxygen atoms in total. The first-order valence-corrected chi connectivity index (χ1v) is 7.62. The number of ether oxygens (including phenoxy) is 1. The molecule has 0 bridgehead atoms. The molecule has 0 spiro atoms. The molecule has 0 N–H and O–H groups in total. The number of aryl methyl sites for hydroxylation is 1. The molecule has 0 aliphatic carbocycles. The van der Waals surface area contributed by atoms with Crippen molar-refractivity contribution < 1.29 is 9.53 Å². The largest absolute Gasteiger partial charge is 0.375 e. The predicted molar refractivity (Wildman–Crippen MR) is 79.2 cm³/mol. The molecule has 3 rings (SSSR count). The van der Waals surface area contributed by atoms with Crippen LogP contribution in [0.15, 0.2) is 18.5 Å². The lowest BCUT2D eigenvalue weighted by molar-refractivity contribution is -0.0122. The maximum Gasteiger partial charge on any atom is 0.266 e. The van der Waals surface area contributed by atoms with Crippen molar-refractivity contribution in [3.63, 3.8) is 0 Å². The van der Waals surface area contributed by atoms with Gasteiger partial charge in [-0.15, -0.1) is 11.3 Å². The summed E-state index contributed by atoms with van der Waals surface area (Å²) in [4.78, 5) is 27.9. The molecule has 1 atom stereocenters. The first kappa shape index (κ1) is 14.1. The number of amides is 1. The summed E-state index contributed by atoms with van der Waals surface area (Å²) in [6.07, 6.45) is 3.42. The third-order valence-corrected chi connectivity index (χ3v) is 4.42. The van der Waals surface area contributed by atoms with Crippen LogP contribution >= 0.6 is 11.3 Å². The highest BCUT2D eigenvalue weighted by molar-refractivity contribution is 7.17. The Morgan fingerprint density at radius 3 is 2.90 bits per heavy atom. The average Bonchev–Trinajstić information content (AvgIpc) is 2.89. The Balaban J connectivity index is 1.86. The summed E-state index contributed by atoms with van der Waals surface area (Å²) in [5.74, 6) is 0.572. The number of nitrogens with zero attached hydrogens (tertiary/aromatic N) is 4. The van der Waals surface area contributed by atoms with E-state index >= 15 is 0 Å². The fourth-order valence-electron chi connectivity index (χ4n) is 2.25. The zero-order valence-corrected chi connectivity index (χ0v) is 12.8. The van der Waals surface area contributed by atoms with Crippen LogP contribution in [0.1, 0.15) is 22.3 Å². The van der Waals surface area contributed by atoms with Gasteiger partial charge in [0.2, 0.25) is 0 Å². The van der Waals surface area contributed by atoms with E-state index in [4.69, 9.17) is 4.74 Å². The van der Waals surface area contributed by atoms with E-state index in [0.29, 0.717) is 35.4 Å². The third kappa shape index (κ3) is 2.93. The van der Waals surface area contributed by atoms with Crippen LogP contribution in [0.5, 0.6) is 0 Å². The predicted octanol–water partition coefficient (Wildman–Crippen LogP) is 1.77. The smallest absolute Gasteiger partial charge is 0.266 e. The van der Waals surface area contributed by atoms with Gasteiger partial charge in [0.25, 0.3) is 5.91 Å². The van der Waals surface area contributed by atoms with Crippen molar-refractivity contribution >= 4 is 17.2 Å². The van der Waals surface area contributed by atoms with E-state index in [9.17, 15) is 4.79 Å². The van der Waals surface area contributed by atoms with Crippen molar-refractivity contribution in [1.29, 1.82) is 0 Å². The molecular weight excluding hydrogens is 288 g/mol. The van der Waals surface area contributed by atoms with Crippen LogP contribution in [0.4, 0.5) is 0 Å². The minimum atomic E-state index is 0.0160. The van der Waals surface area contributed by atoms with Crippen molar-refractivity contribution in [2.45, 2.75) is 20.0 Å². The number of rotatable bonds is 2.